The first-order valence-corrected chi connectivity index (χ1v) is 9.19. The number of hydrogen-bond donors (Lipinski definition) is 0. The van der Waals surface area contributed by atoms with Crippen molar-refractivity contribution in [2.75, 3.05) is 12.4 Å². The number of ether oxygens (including phenoxy) is 1. The standard InChI is InChI=1S/C20H24O2S/c1-2-20(21)22-14-8-4-3-5-9-15-23-19-13-12-17-10-6-7-11-18(17)16-19/h2,6-7,10-13,16H,1,3-5,8-9,14-15H2. The summed E-state index contributed by atoms with van der Waals surface area (Å²) in [4.78, 5) is 12.2. The molecule has 2 aromatic carbocycles. The molecule has 0 saturated carbocycles. The lowest BCUT2D eigenvalue weighted by Gasteiger charge is -2.05. The summed E-state index contributed by atoms with van der Waals surface area (Å²) in [5.74, 6) is 0.834. The Morgan fingerprint density at radius 3 is 2.57 bits per heavy atom. The summed E-state index contributed by atoms with van der Waals surface area (Å²) in [6.45, 7) is 3.88. The van der Waals surface area contributed by atoms with Gasteiger partial charge in [-0.2, -0.15) is 0 Å². The molecule has 2 aromatic rings. The Hall–Kier alpha value is -1.74. The zero-order valence-corrected chi connectivity index (χ0v) is 14.3. The lowest BCUT2D eigenvalue weighted by molar-refractivity contribution is -0.137. The third-order valence-corrected chi connectivity index (χ3v) is 4.77. The van der Waals surface area contributed by atoms with Crippen molar-refractivity contribution in [3.05, 3.63) is 55.1 Å². The van der Waals surface area contributed by atoms with Gasteiger partial charge in [-0.25, -0.2) is 4.79 Å². The van der Waals surface area contributed by atoms with E-state index in [1.807, 2.05) is 11.8 Å². The van der Waals surface area contributed by atoms with E-state index in [1.165, 1.54) is 41.0 Å². The molecule has 3 heteroatoms. The largest absolute Gasteiger partial charge is 0.463 e. The molecule has 0 heterocycles. The fourth-order valence-electron chi connectivity index (χ4n) is 2.41. The number of carbonyl (C=O) groups excluding carboxylic acids is 1. The molecule has 2 rings (SSSR count). The summed E-state index contributed by atoms with van der Waals surface area (Å²) in [5.41, 5.74) is 0. The average Bonchev–Trinajstić information content (AvgIpc) is 2.59. The van der Waals surface area contributed by atoms with Gasteiger partial charge in [-0.3, -0.25) is 0 Å². The number of rotatable bonds is 10. The van der Waals surface area contributed by atoms with E-state index in [2.05, 4.69) is 49.0 Å². The maximum atomic E-state index is 10.9. The molecule has 0 fully saturated rings. The summed E-state index contributed by atoms with van der Waals surface area (Å²) in [6.07, 6.45) is 6.93. The summed E-state index contributed by atoms with van der Waals surface area (Å²) in [7, 11) is 0. The molecule has 0 amide bonds. The van der Waals surface area contributed by atoms with Crippen LogP contribution in [0.3, 0.4) is 0 Å². The number of thioether (sulfide) groups is 1. The average molecular weight is 328 g/mol. The van der Waals surface area contributed by atoms with E-state index >= 15 is 0 Å². The molecule has 0 aliphatic heterocycles. The van der Waals surface area contributed by atoms with Gasteiger partial charge in [-0.1, -0.05) is 56.2 Å². The smallest absolute Gasteiger partial charge is 0.330 e. The molecule has 0 bridgehead atoms. The second-order valence-electron chi connectivity index (χ2n) is 5.50. The van der Waals surface area contributed by atoms with Crippen LogP contribution in [-0.2, 0) is 9.53 Å². The highest BCUT2D eigenvalue weighted by atomic mass is 32.2. The maximum Gasteiger partial charge on any atom is 0.330 e. The summed E-state index contributed by atoms with van der Waals surface area (Å²) in [5, 5.41) is 2.61. The third kappa shape index (κ3) is 6.49. The maximum absolute atomic E-state index is 10.9. The second kappa shape index (κ2) is 10.1. The van der Waals surface area contributed by atoms with E-state index in [1.54, 1.807) is 0 Å². The fraction of sp³-hybridized carbons (Fsp3) is 0.350. The number of hydrogen-bond acceptors (Lipinski definition) is 3. The van der Waals surface area contributed by atoms with E-state index < -0.39 is 0 Å². The van der Waals surface area contributed by atoms with Crippen LogP contribution >= 0.6 is 11.8 Å². The summed E-state index contributed by atoms with van der Waals surface area (Å²) >= 11 is 1.93. The van der Waals surface area contributed by atoms with Crippen LogP contribution in [0.15, 0.2) is 60.0 Å². The molecule has 0 radical (unpaired) electrons. The van der Waals surface area contributed by atoms with Crippen LogP contribution in [0.2, 0.25) is 0 Å². The van der Waals surface area contributed by atoms with E-state index in [0.29, 0.717) is 6.61 Å². The Labute approximate surface area is 142 Å². The summed E-state index contributed by atoms with van der Waals surface area (Å²) in [6, 6.07) is 15.2. The highest BCUT2D eigenvalue weighted by molar-refractivity contribution is 7.99. The predicted octanol–water partition coefficient (Wildman–Crippen LogP) is 5.61. The van der Waals surface area contributed by atoms with E-state index in [-0.39, 0.29) is 5.97 Å². The molecule has 2 nitrogen and oxygen atoms in total. The number of fused-ring (bicyclic) bond motifs is 1. The van der Waals surface area contributed by atoms with Crippen molar-refractivity contribution in [3.8, 4) is 0 Å². The van der Waals surface area contributed by atoms with Gasteiger partial charge in [0.05, 0.1) is 6.61 Å². The normalized spacial score (nSPS) is 10.6. The lowest BCUT2D eigenvalue weighted by Crippen LogP contribution is -2.01. The highest BCUT2D eigenvalue weighted by Gasteiger charge is 1.98. The molecule has 0 N–H and O–H groups in total. The molecule has 0 aromatic heterocycles. The van der Waals surface area contributed by atoms with Gasteiger partial charge < -0.3 is 4.74 Å². The van der Waals surface area contributed by atoms with Gasteiger partial charge in [0.15, 0.2) is 0 Å². The second-order valence-corrected chi connectivity index (χ2v) is 6.67. The quantitative estimate of drug-likeness (QED) is 0.245. The first-order chi connectivity index (χ1) is 11.3. The zero-order valence-electron chi connectivity index (χ0n) is 13.5. The zero-order chi connectivity index (χ0) is 16.3. The lowest BCUT2D eigenvalue weighted by atomic mass is 10.1. The van der Waals surface area contributed by atoms with Crippen molar-refractivity contribution in [2.45, 2.75) is 37.0 Å². The molecule has 0 atom stereocenters. The predicted molar refractivity (Wildman–Crippen MR) is 98.9 cm³/mol. The molecule has 122 valence electrons. The minimum atomic E-state index is -0.322. The number of carbonyl (C=O) groups is 1. The molecular formula is C20H24O2S. The summed E-state index contributed by atoms with van der Waals surface area (Å²) < 4.78 is 4.95. The van der Waals surface area contributed by atoms with Crippen LogP contribution in [0.5, 0.6) is 0 Å². The Kier molecular flexibility index (Phi) is 7.74. The van der Waals surface area contributed by atoms with Crippen LogP contribution in [0.25, 0.3) is 10.8 Å². The molecule has 0 spiro atoms. The van der Waals surface area contributed by atoms with Crippen LogP contribution in [-0.4, -0.2) is 18.3 Å². The molecule has 0 aliphatic rings. The van der Waals surface area contributed by atoms with Crippen molar-refractivity contribution in [2.24, 2.45) is 0 Å². The first-order valence-electron chi connectivity index (χ1n) is 8.20. The Bertz CT molecular complexity index is 636. The van der Waals surface area contributed by atoms with Crippen molar-refractivity contribution in [1.29, 1.82) is 0 Å². The van der Waals surface area contributed by atoms with Crippen LogP contribution < -0.4 is 0 Å². The van der Waals surface area contributed by atoms with Gasteiger partial charge in [0, 0.05) is 11.0 Å². The Balaban J connectivity index is 1.55. The number of benzene rings is 2. The first kappa shape index (κ1) is 17.6. The number of unbranched alkanes of at least 4 members (excludes halogenated alkanes) is 4. The van der Waals surface area contributed by atoms with Gasteiger partial charge in [0.25, 0.3) is 0 Å². The number of esters is 1. The van der Waals surface area contributed by atoms with Gasteiger partial charge >= 0.3 is 5.97 Å². The molecular weight excluding hydrogens is 304 g/mol. The van der Waals surface area contributed by atoms with Gasteiger partial charge in [-0.05, 0) is 41.5 Å². The van der Waals surface area contributed by atoms with Crippen molar-refractivity contribution in [1.82, 2.24) is 0 Å². The minimum absolute atomic E-state index is 0.322. The highest BCUT2D eigenvalue weighted by Crippen LogP contribution is 2.24. The van der Waals surface area contributed by atoms with E-state index in [4.69, 9.17) is 4.74 Å². The SMILES string of the molecule is C=CC(=O)OCCCCCCCSc1ccc2ccccc2c1. The van der Waals surface area contributed by atoms with Gasteiger partial charge in [0.2, 0.25) is 0 Å². The van der Waals surface area contributed by atoms with Crippen LogP contribution in [0, 0.1) is 0 Å². The van der Waals surface area contributed by atoms with Crippen LogP contribution in [0.1, 0.15) is 32.1 Å². The van der Waals surface area contributed by atoms with Gasteiger partial charge in [-0.15, -0.1) is 11.8 Å². The van der Waals surface area contributed by atoms with Crippen molar-refractivity contribution >= 4 is 28.5 Å². The minimum Gasteiger partial charge on any atom is -0.463 e. The molecule has 23 heavy (non-hydrogen) atoms. The monoisotopic (exact) mass is 328 g/mol. The third-order valence-electron chi connectivity index (χ3n) is 3.69. The fourth-order valence-corrected chi connectivity index (χ4v) is 3.37. The van der Waals surface area contributed by atoms with Gasteiger partial charge in [0.1, 0.15) is 0 Å². The topological polar surface area (TPSA) is 26.3 Å². The van der Waals surface area contributed by atoms with E-state index in [0.717, 1.165) is 18.6 Å². The molecule has 0 saturated heterocycles. The van der Waals surface area contributed by atoms with Crippen LogP contribution in [0.4, 0.5) is 0 Å². The Morgan fingerprint density at radius 1 is 1.00 bits per heavy atom. The molecule has 0 aliphatic carbocycles. The van der Waals surface area contributed by atoms with Crippen molar-refractivity contribution in [3.63, 3.8) is 0 Å². The molecule has 0 unspecified atom stereocenters. The van der Waals surface area contributed by atoms with Crippen molar-refractivity contribution < 1.29 is 9.53 Å². The van der Waals surface area contributed by atoms with E-state index in [9.17, 15) is 4.79 Å². The Morgan fingerprint density at radius 2 is 1.74 bits per heavy atom.